The molecule has 0 radical (unpaired) electrons. The molecule has 6 heteroatoms. The zero-order chi connectivity index (χ0) is 16.2. The average molecular weight is 311 g/mol. The Bertz CT molecular complexity index is 789. The van der Waals surface area contributed by atoms with Gasteiger partial charge in [0.15, 0.2) is 0 Å². The van der Waals surface area contributed by atoms with Gasteiger partial charge in [-0.3, -0.25) is 9.89 Å². The third-order valence-corrected chi connectivity index (χ3v) is 3.77. The van der Waals surface area contributed by atoms with Gasteiger partial charge in [0, 0.05) is 29.2 Å². The van der Waals surface area contributed by atoms with Crippen molar-refractivity contribution in [2.75, 3.05) is 27.2 Å². The fourth-order valence-electron chi connectivity index (χ4n) is 2.60. The molecule has 3 aromatic rings. The molecule has 1 amide bonds. The molecule has 2 heterocycles. The van der Waals surface area contributed by atoms with E-state index in [1.807, 2.05) is 44.4 Å². The van der Waals surface area contributed by atoms with Crippen molar-refractivity contribution in [2.24, 2.45) is 0 Å². The lowest BCUT2D eigenvalue weighted by Crippen LogP contribution is -2.27. The zero-order valence-corrected chi connectivity index (χ0v) is 13.4. The van der Waals surface area contributed by atoms with Crippen molar-refractivity contribution in [3.05, 3.63) is 42.1 Å². The van der Waals surface area contributed by atoms with Crippen molar-refractivity contribution in [2.45, 2.75) is 6.42 Å². The first-order chi connectivity index (χ1) is 11.1. The number of hydrogen-bond donors (Lipinski definition) is 3. The molecule has 0 atom stereocenters. The van der Waals surface area contributed by atoms with Gasteiger partial charge in [0.2, 0.25) is 0 Å². The number of hydrogen-bond acceptors (Lipinski definition) is 3. The summed E-state index contributed by atoms with van der Waals surface area (Å²) >= 11 is 0. The molecule has 6 nitrogen and oxygen atoms in total. The van der Waals surface area contributed by atoms with Crippen LogP contribution in [0.4, 0.5) is 0 Å². The topological polar surface area (TPSA) is 76.8 Å². The summed E-state index contributed by atoms with van der Waals surface area (Å²) in [6, 6.07) is 9.60. The summed E-state index contributed by atoms with van der Waals surface area (Å²) in [7, 11) is 4.05. The number of aromatic nitrogens is 3. The quantitative estimate of drug-likeness (QED) is 0.611. The number of carbonyl (C=O) groups excluding carboxylic acids is 1. The van der Waals surface area contributed by atoms with Crippen molar-refractivity contribution in [1.82, 2.24) is 25.4 Å². The Hall–Kier alpha value is -2.60. The highest BCUT2D eigenvalue weighted by atomic mass is 16.1. The standard InChI is InChI=1S/C17H21N5O/c1-22(2)10-4-8-18-17(23)12-5-3-6-14-13(12)11-16(20-14)15-7-9-19-21-15/h3,5-7,9,11,20H,4,8,10H2,1-2H3,(H,18,23)(H,19,21). The van der Waals surface area contributed by atoms with Crippen LogP contribution in [-0.4, -0.2) is 53.2 Å². The van der Waals surface area contributed by atoms with Crippen LogP contribution in [0.15, 0.2) is 36.5 Å². The van der Waals surface area contributed by atoms with Crippen LogP contribution in [0, 0.1) is 0 Å². The highest BCUT2D eigenvalue weighted by molar-refractivity contribution is 6.07. The predicted octanol–water partition coefficient (Wildman–Crippen LogP) is 2.24. The third-order valence-electron chi connectivity index (χ3n) is 3.77. The Kier molecular flexibility index (Phi) is 4.43. The van der Waals surface area contributed by atoms with Gasteiger partial charge < -0.3 is 15.2 Å². The van der Waals surface area contributed by atoms with E-state index in [0.717, 1.165) is 35.3 Å². The summed E-state index contributed by atoms with van der Waals surface area (Å²) in [5.74, 6) is -0.0375. The van der Waals surface area contributed by atoms with E-state index in [1.54, 1.807) is 6.20 Å². The number of nitrogens with one attached hydrogen (secondary N) is 3. The van der Waals surface area contributed by atoms with Crippen LogP contribution in [0.1, 0.15) is 16.8 Å². The van der Waals surface area contributed by atoms with Gasteiger partial charge in [-0.2, -0.15) is 5.10 Å². The molecule has 1 aromatic carbocycles. The number of H-pyrrole nitrogens is 2. The fourth-order valence-corrected chi connectivity index (χ4v) is 2.60. The lowest BCUT2D eigenvalue weighted by Gasteiger charge is -2.10. The molecular weight excluding hydrogens is 290 g/mol. The summed E-state index contributed by atoms with van der Waals surface area (Å²) in [5, 5.41) is 10.8. The van der Waals surface area contributed by atoms with Gasteiger partial charge in [0.05, 0.1) is 11.4 Å². The summed E-state index contributed by atoms with van der Waals surface area (Å²) in [6.45, 7) is 1.63. The Morgan fingerprint density at radius 2 is 2.13 bits per heavy atom. The molecule has 0 bridgehead atoms. The Morgan fingerprint density at radius 3 is 2.87 bits per heavy atom. The first-order valence-electron chi connectivity index (χ1n) is 7.69. The van der Waals surface area contributed by atoms with Crippen molar-refractivity contribution >= 4 is 16.8 Å². The average Bonchev–Trinajstić information content (AvgIpc) is 3.18. The molecule has 0 aliphatic carbocycles. The number of fused-ring (bicyclic) bond motifs is 1. The minimum absolute atomic E-state index is 0.0375. The number of rotatable bonds is 6. The lowest BCUT2D eigenvalue weighted by molar-refractivity contribution is 0.0954. The van der Waals surface area contributed by atoms with E-state index in [4.69, 9.17) is 0 Å². The number of amides is 1. The molecule has 0 aliphatic heterocycles. The molecule has 0 fully saturated rings. The second-order valence-electron chi connectivity index (χ2n) is 5.83. The van der Waals surface area contributed by atoms with Gasteiger partial charge in [-0.1, -0.05) is 6.07 Å². The molecule has 0 aliphatic rings. The molecule has 0 saturated heterocycles. The van der Waals surface area contributed by atoms with Gasteiger partial charge in [-0.05, 0) is 51.3 Å². The molecule has 0 saturated carbocycles. The smallest absolute Gasteiger partial charge is 0.251 e. The van der Waals surface area contributed by atoms with Gasteiger partial charge in [-0.15, -0.1) is 0 Å². The molecule has 0 unspecified atom stereocenters. The SMILES string of the molecule is CN(C)CCCNC(=O)c1cccc2[nH]c(-c3ccn[nH]3)cc12. The number of benzene rings is 1. The van der Waals surface area contributed by atoms with Crippen LogP contribution < -0.4 is 5.32 Å². The van der Waals surface area contributed by atoms with E-state index in [0.29, 0.717) is 12.1 Å². The van der Waals surface area contributed by atoms with Crippen LogP contribution in [0.25, 0.3) is 22.3 Å². The molecule has 120 valence electrons. The third kappa shape index (κ3) is 3.43. The van der Waals surface area contributed by atoms with Gasteiger partial charge in [0.1, 0.15) is 0 Å². The molecule has 23 heavy (non-hydrogen) atoms. The van der Waals surface area contributed by atoms with E-state index in [1.165, 1.54) is 0 Å². The maximum Gasteiger partial charge on any atom is 0.251 e. The molecular formula is C17H21N5O. The van der Waals surface area contributed by atoms with Crippen LogP contribution in [0.5, 0.6) is 0 Å². The Labute approximate surface area is 134 Å². The number of carbonyl (C=O) groups is 1. The highest BCUT2D eigenvalue weighted by Crippen LogP contribution is 2.25. The van der Waals surface area contributed by atoms with Crippen LogP contribution in [-0.2, 0) is 0 Å². The van der Waals surface area contributed by atoms with Crippen LogP contribution in [0.2, 0.25) is 0 Å². The zero-order valence-electron chi connectivity index (χ0n) is 13.4. The number of aromatic amines is 2. The normalized spacial score (nSPS) is 11.3. The van der Waals surface area contributed by atoms with E-state index in [9.17, 15) is 4.79 Å². The molecule has 2 aromatic heterocycles. The minimum Gasteiger partial charge on any atom is -0.353 e. The van der Waals surface area contributed by atoms with Gasteiger partial charge in [0.25, 0.3) is 5.91 Å². The number of nitrogens with zero attached hydrogens (tertiary/aromatic N) is 2. The summed E-state index contributed by atoms with van der Waals surface area (Å²) in [6.07, 6.45) is 2.64. The summed E-state index contributed by atoms with van der Waals surface area (Å²) in [4.78, 5) is 17.9. The molecule has 0 spiro atoms. The van der Waals surface area contributed by atoms with Crippen LogP contribution >= 0.6 is 0 Å². The predicted molar refractivity (Wildman–Crippen MR) is 91.4 cm³/mol. The highest BCUT2D eigenvalue weighted by Gasteiger charge is 2.12. The summed E-state index contributed by atoms with van der Waals surface area (Å²) < 4.78 is 0. The van der Waals surface area contributed by atoms with E-state index < -0.39 is 0 Å². The monoisotopic (exact) mass is 311 g/mol. The van der Waals surface area contributed by atoms with Crippen molar-refractivity contribution in [3.63, 3.8) is 0 Å². The lowest BCUT2D eigenvalue weighted by atomic mass is 10.1. The summed E-state index contributed by atoms with van der Waals surface area (Å²) in [5.41, 5.74) is 3.45. The van der Waals surface area contributed by atoms with Crippen molar-refractivity contribution < 1.29 is 4.79 Å². The second kappa shape index (κ2) is 6.66. The van der Waals surface area contributed by atoms with Gasteiger partial charge in [-0.25, -0.2) is 0 Å². The second-order valence-corrected chi connectivity index (χ2v) is 5.83. The van der Waals surface area contributed by atoms with E-state index in [-0.39, 0.29) is 5.91 Å². The Morgan fingerprint density at radius 1 is 1.26 bits per heavy atom. The van der Waals surface area contributed by atoms with E-state index >= 15 is 0 Å². The van der Waals surface area contributed by atoms with Crippen molar-refractivity contribution in [1.29, 1.82) is 0 Å². The first kappa shape index (κ1) is 15.3. The maximum atomic E-state index is 12.4. The van der Waals surface area contributed by atoms with Gasteiger partial charge >= 0.3 is 0 Å². The van der Waals surface area contributed by atoms with Crippen LogP contribution in [0.3, 0.4) is 0 Å². The van der Waals surface area contributed by atoms with E-state index in [2.05, 4.69) is 25.4 Å². The molecule has 3 N–H and O–H groups in total. The van der Waals surface area contributed by atoms with Crippen molar-refractivity contribution in [3.8, 4) is 11.4 Å². The first-order valence-corrected chi connectivity index (χ1v) is 7.69. The maximum absolute atomic E-state index is 12.4. The Balaban J connectivity index is 1.79. The molecule has 3 rings (SSSR count). The largest absolute Gasteiger partial charge is 0.353 e. The minimum atomic E-state index is -0.0375. The fraction of sp³-hybridized carbons (Fsp3) is 0.294.